The van der Waals surface area contributed by atoms with E-state index in [-0.39, 0.29) is 32.5 Å². The van der Waals surface area contributed by atoms with Crippen LogP contribution in [0.2, 0.25) is 33.0 Å². The molecule has 0 saturated heterocycles. The van der Waals surface area contributed by atoms with Crippen molar-refractivity contribution in [2.45, 2.75) is 249 Å². The van der Waals surface area contributed by atoms with E-state index >= 15 is 0 Å². The van der Waals surface area contributed by atoms with Crippen molar-refractivity contribution in [3.05, 3.63) is 210 Å². The van der Waals surface area contributed by atoms with Gasteiger partial charge in [-0.2, -0.15) is 0 Å². The Morgan fingerprint density at radius 3 is 0.885 bits per heavy atom. The minimum absolute atomic E-state index is 0.0963. The molecule has 0 spiro atoms. The molecule has 10 heteroatoms. The SMILES string of the molecule is Brc1cc(Br)cc(I)c1.CC(C)(C)c1cc(-c2cc(Br)cc(-c3ccc([Si](C)(C)C)cn3)c2)cc(C(C)(C)C)c1.CC(C)(C)c1cc(-c2cc(Br)cc(Br)c2)cc(C(C)(C)C)c1.CCC[CH2][Sn]([CH2]CCC)([CH2]CCC)[c]1cc(Br)cc(-c2cc(C(C)(C)C)cc(C(C)(C)C)c2)c1. The number of aromatic nitrogens is 1. The molecule has 0 bridgehead atoms. The van der Waals surface area contributed by atoms with Gasteiger partial charge in [-0.25, -0.2) is 0 Å². The van der Waals surface area contributed by atoms with Gasteiger partial charge in [-0.1, -0.05) is 225 Å². The van der Waals surface area contributed by atoms with Crippen LogP contribution >= 0.6 is 118 Å². The Balaban J connectivity index is 0.000000248. The monoisotopic (exact) mass is 1910 g/mol. The van der Waals surface area contributed by atoms with E-state index in [1.54, 1.807) is 3.58 Å². The van der Waals surface area contributed by atoms with Gasteiger partial charge in [0.1, 0.15) is 0 Å². The molecule has 96 heavy (non-hydrogen) atoms. The molecule has 0 aliphatic heterocycles. The van der Waals surface area contributed by atoms with Gasteiger partial charge in [0.2, 0.25) is 0 Å². The average molecular weight is 1910 g/mol. The van der Waals surface area contributed by atoms with Crippen molar-refractivity contribution in [1.82, 2.24) is 4.98 Å². The predicted molar refractivity (Wildman–Crippen MR) is 464 cm³/mol. The summed E-state index contributed by atoms with van der Waals surface area (Å²) in [4.78, 5) is 4.82. The van der Waals surface area contributed by atoms with E-state index in [0.29, 0.717) is 0 Å². The third-order valence-corrected chi connectivity index (χ3v) is 39.0. The molecule has 0 aliphatic rings. The van der Waals surface area contributed by atoms with Gasteiger partial charge in [-0.3, -0.25) is 4.98 Å². The number of hydrogen-bond acceptors (Lipinski definition) is 1. The van der Waals surface area contributed by atoms with E-state index in [1.165, 1.54) is 132 Å². The first-order valence-electron chi connectivity index (χ1n) is 34.8. The molecule has 0 unspecified atom stereocenters. The zero-order valence-electron chi connectivity index (χ0n) is 62.8. The third kappa shape index (κ3) is 26.2. The van der Waals surface area contributed by atoms with Gasteiger partial charge in [-0.05, 0) is 155 Å². The molecule has 0 aliphatic carbocycles. The summed E-state index contributed by atoms with van der Waals surface area (Å²) in [6.45, 7) is 55.6. The maximum atomic E-state index is 4.82. The Morgan fingerprint density at radius 2 is 0.604 bits per heavy atom. The summed E-state index contributed by atoms with van der Waals surface area (Å²) >= 11 is 21.4. The molecular weight excluding hydrogens is 1800 g/mol. The molecule has 7 aromatic carbocycles. The first-order chi connectivity index (χ1) is 44.1. The van der Waals surface area contributed by atoms with Gasteiger partial charge in [-0.15, -0.1) is 0 Å². The van der Waals surface area contributed by atoms with Crippen LogP contribution in [0.5, 0.6) is 0 Å². The Morgan fingerprint density at radius 1 is 0.333 bits per heavy atom. The van der Waals surface area contributed by atoms with Crippen molar-refractivity contribution in [2.75, 3.05) is 0 Å². The summed E-state index contributed by atoms with van der Waals surface area (Å²) in [6.07, 6.45) is 10.2. The molecule has 0 amide bonds. The van der Waals surface area contributed by atoms with Crippen LogP contribution in [0.15, 0.2) is 173 Å². The summed E-state index contributed by atoms with van der Waals surface area (Å²) in [5.41, 5.74) is 19.1. The van der Waals surface area contributed by atoms with E-state index in [4.69, 9.17) is 4.98 Å². The number of rotatable bonds is 15. The second kappa shape index (κ2) is 35.7. The van der Waals surface area contributed by atoms with Crippen molar-refractivity contribution in [2.24, 2.45) is 0 Å². The minimum atomic E-state index is -2.51. The fourth-order valence-electron chi connectivity index (χ4n) is 11.5. The van der Waals surface area contributed by atoms with Crippen LogP contribution in [-0.4, -0.2) is 31.4 Å². The number of unbranched alkanes of at least 4 members (excludes halogenated alkanes) is 3. The molecule has 0 fully saturated rings. The maximum absolute atomic E-state index is 4.82. The summed E-state index contributed by atoms with van der Waals surface area (Å²) in [7, 11) is -1.35. The summed E-state index contributed by atoms with van der Waals surface area (Å²) in [6, 6.07) is 52.6. The predicted octanol–water partition coefficient (Wildman–Crippen LogP) is 30.4. The van der Waals surface area contributed by atoms with Crippen LogP contribution in [0.1, 0.15) is 217 Å². The Bertz CT molecular complexity index is 3670. The first-order valence-corrected chi connectivity index (χ1v) is 51.6. The summed E-state index contributed by atoms with van der Waals surface area (Å²) in [5.74, 6) is 0. The Hall–Kier alpha value is -1.68. The van der Waals surface area contributed by atoms with Crippen molar-refractivity contribution in [3.8, 4) is 44.6 Å². The van der Waals surface area contributed by atoms with Crippen molar-refractivity contribution < 1.29 is 0 Å². The second-order valence-electron chi connectivity index (χ2n) is 33.9. The summed E-state index contributed by atoms with van der Waals surface area (Å²) < 4.78 is 14.3. The van der Waals surface area contributed by atoms with E-state index in [9.17, 15) is 0 Å². The van der Waals surface area contributed by atoms with Crippen molar-refractivity contribution in [3.63, 3.8) is 0 Å². The van der Waals surface area contributed by atoms with Gasteiger partial charge >= 0.3 is 226 Å². The number of halogens is 7. The van der Waals surface area contributed by atoms with E-state index in [2.05, 4.69) is 423 Å². The first kappa shape index (κ1) is 85.0. The number of pyridine rings is 1. The molecular formula is C86H114Br6INSiSn. The van der Waals surface area contributed by atoms with Gasteiger partial charge in [0, 0.05) is 37.7 Å². The molecule has 1 nitrogen and oxygen atoms in total. The van der Waals surface area contributed by atoms with Gasteiger partial charge in [0.15, 0.2) is 0 Å². The molecule has 8 rings (SSSR count). The molecule has 0 atom stereocenters. The fourth-order valence-corrected chi connectivity index (χ4v) is 34.4. The molecule has 0 radical (unpaired) electrons. The van der Waals surface area contributed by atoms with Gasteiger partial charge < -0.3 is 0 Å². The Labute approximate surface area is 654 Å². The normalized spacial score (nSPS) is 12.5. The molecule has 1 aromatic heterocycles. The molecule has 520 valence electrons. The van der Waals surface area contributed by atoms with Crippen LogP contribution in [0, 0.1) is 3.57 Å². The number of hydrogen-bond donors (Lipinski definition) is 0. The second-order valence-corrected chi connectivity index (χ2v) is 58.9. The topological polar surface area (TPSA) is 12.9 Å². The zero-order chi connectivity index (χ0) is 72.3. The van der Waals surface area contributed by atoms with Gasteiger partial charge in [0.05, 0.1) is 13.8 Å². The number of nitrogens with zero attached hydrogens (tertiary/aromatic N) is 1. The Kier molecular flexibility index (Phi) is 31.6. The average Bonchev–Trinajstić information content (AvgIpc) is 0.789. The van der Waals surface area contributed by atoms with Crippen LogP contribution in [0.4, 0.5) is 0 Å². The third-order valence-electron chi connectivity index (χ3n) is 18.0. The quantitative estimate of drug-likeness (QED) is 0.0736. The van der Waals surface area contributed by atoms with Crippen LogP contribution < -0.4 is 8.77 Å². The van der Waals surface area contributed by atoms with E-state index in [0.717, 1.165) is 33.6 Å². The van der Waals surface area contributed by atoms with E-state index in [1.807, 2.05) is 6.07 Å². The van der Waals surface area contributed by atoms with Crippen LogP contribution in [0.3, 0.4) is 0 Å². The van der Waals surface area contributed by atoms with Crippen LogP contribution in [0.25, 0.3) is 44.6 Å². The van der Waals surface area contributed by atoms with Gasteiger partial charge in [0.25, 0.3) is 0 Å². The fraction of sp³-hybridized carbons (Fsp3) is 0.453. The molecule has 8 aromatic rings. The molecule has 1 heterocycles. The van der Waals surface area contributed by atoms with E-state index < -0.39 is 26.5 Å². The standard InChI is InChI=1S/C28H36BrNSi.C20H24Br2.C20H24Br.C6H3Br2I.3C4H9.Sn/c1-27(2,3)22-13-20(14-23(17-22)28(4,5)6)19-12-21(16-24(29)15-19)26-11-10-25(18-30-26)31(7,8)9;1-19(2,3)15-7-13(8-16(11-15)20(4,5)6)14-9-17(21)12-18(22)10-14;1-19(2,3)16-10-15(11-17(13-16)20(4,5)6)14-8-7-9-18(21)12-14;7-4-1-5(8)3-6(9)2-4;3*1-3-4-2;/h10-18H,1-9H3;7-12H,1-6H3;8-13H,1-6H3;1-3H;3*1,3-4H2,2H3;. The van der Waals surface area contributed by atoms with Crippen molar-refractivity contribution >= 4 is 153 Å². The van der Waals surface area contributed by atoms with Crippen molar-refractivity contribution in [1.29, 1.82) is 0 Å². The summed E-state index contributed by atoms with van der Waals surface area (Å²) in [5, 5.41) is 1.39. The molecule has 0 N–H and O–H groups in total. The molecule has 0 saturated carbocycles. The van der Waals surface area contributed by atoms with Crippen LogP contribution in [-0.2, 0) is 32.5 Å². The number of benzene rings is 7. The zero-order valence-corrected chi connectivity index (χ0v) is 78.3.